The first-order valence-corrected chi connectivity index (χ1v) is 7.37. The van der Waals surface area contributed by atoms with Crippen molar-refractivity contribution < 1.29 is 4.74 Å². The quantitative estimate of drug-likeness (QED) is 0.873. The first-order valence-electron chi connectivity index (χ1n) is 7.37. The molecule has 1 saturated carbocycles. The van der Waals surface area contributed by atoms with Gasteiger partial charge in [-0.05, 0) is 47.2 Å². The lowest BCUT2D eigenvalue weighted by Gasteiger charge is -2.11. The zero-order valence-electron chi connectivity index (χ0n) is 12.5. The minimum Gasteiger partial charge on any atom is -0.497 e. The van der Waals surface area contributed by atoms with Gasteiger partial charge in [0, 0.05) is 23.9 Å². The van der Waals surface area contributed by atoms with Crippen molar-refractivity contribution in [1.82, 2.24) is 20.2 Å². The average Bonchev–Trinajstić information content (AvgIpc) is 3.08. The first-order chi connectivity index (χ1) is 10.2. The van der Waals surface area contributed by atoms with E-state index in [0.29, 0.717) is 17.4 Å². The number of benzene rings is 1. The van der Waals surface area contributed by atoms with E-state index in [1.807, 2.05) is 16.8 Å². The van der Waals surface area contributed by atoms with Gasteiger partial charge in [-0.2, -0.15) is 0 Å². The van der Waals surface area contributed by atoms with Crippen LogP contribution in [0.4, 0.5) is 5.69 Å². The molecule has 2 aromatic rings. The van der Waals surface area contributed by atoms with Gasteiger partial charge in [0.05, 0.1) is 7.11 Å². The molecule has 1 fully saturated rings. The molecule has 0 aliphatic heterocycles. The highest BCUT2D eigenvalue weighted by Gasteiger charge is 2.23. The summed E-state index contributed by atoms with van der Waals surface area (Å²) in [5.74, 6) is 2.93. The van der Waals surface area contributed by atoms with Crippen LogP contribution >= 0.6 is 0 Å². The second-order valence-electron chi connectivity index (χ2n) is 5.96. The van der Waals surface area contributed by atoms with Gasteiger partial charge in [-0.15, -0.1) is 5.10 Å². The predicted molar refractivity (Wildman–Crippen MR) is 80.7 cm³/mol. The number of nitrogens with two attached hydrogens (primary N) is 1. The van der Waals surface area contributed by atoms with Crippen molar-refractivity contribution in [1.29, 1.82) is 0 Å². The summed E-state index contributed by atoms with van der Waals surface area (Å²) in [4.78, 5) is 0. The van der Waals surface area contributed by atoms with Gasteiger partial charge in [0.25, 0.3) is 0 Å². The van der Waals surface area contributed by atoms with Crippen molar-refractivity contribution >= 4 is 5.69 Å². The highest BCUT2D eigenvalue weighted by molar-refractivity contribution is 5.64. The summed E-state index contributed by atoms with van der Waals surface area (Å²) in [5, 5.41) is 12.1. The molecule has 1 aromatic heterocycles. The number of nitrogen functional groups attached to an aromatic ring is 1. The molecule has 112 valence electrons. The van der Waals surface area contributed by atoms with Gasteiger partial charge in [-0.1, -0.05) is 13.3 Å². The predicted octanol–water partition coefficient (Wildman–Crippen LogP) is 2.37. The van der Waals surface area contributed by atoms with Crippen LogP contribution in [0.2, 0.25) is 0 Å². The molecule has 0 radical (unpaired) electrons. The maximum Gasteiger partial charge on any atom is 0.182 e. The molecule has 6 heteroatoms. The van der Waals surface area contributed by atoms with E-state index in [9.17, 15) is 0 Å². The number of rotatable bonds is 4. The minimum absolute atomic E-state index is 0.647. The third-order valence-electron chi connectivity index (χ3n) is 4.19. The summed E-state index contributed by atoms with van der Waals surface area (Å²) >= 11 is 0. The zero-order valence-corrected chi connectivity index (χ0v) is 12.5. The Hall–Kier alpha value is -2.11. The monoisotopic (exact) mass is 287 g/mol. The van der Waals surface area contributed by atoms with Gasteiger partial charge in [0.2, 0.25) is 0 Å². The van der Waals surface area contributed by atoms with E-state index in [1.54, 1.807) is 13.2 Å². The summed E-state index contributed by atoms with van der Waals surface area (Å²) in [6, 6.07) is 5.58. The Morgan fingerprint density at radius 3 is 2.90 bits per heavy atom. The molecule has 6 nitrogen and oxygen atoms in total. The van der Waals surface area contributed by atoms with E-state index in [0.717, 1.165) is 23.9 Å². The Balaban J connectivity index is 1.86. The van der Waals surface area contributed by atoms with Crippen molar-refractivity contribution in [3.63, 3.8) is 0 Å². The van der Waals surface area contributed by atoms with Crippen LogP contribution in [-0.4, -0.2) is 27.3 Å². The molecule has 0 bridgehead atoms. The van der Waals surface area contributed by atoms with E-state index in [2.05, 4.69) is 22.4 Å². The van der Waals surface area contributed by atoms with Crippen LogP contribution in [0.1, 0.15) is 26.2 Å². The first kappa shape index (κ1) is 13.9. The van der Waals surface area contributed by atoms with Crippen LogP contribution in [0.25, 0.3) is 11.4 Å². The smallest absolute Gasteiger partial charge is 0.182 e. The molecule has 21 heavy (non-hydrogen) atoms. The number of ether oxygens (including phenoxy) is 1. The van der Waals surface area contributed by atoms with Crippen LogP contribution < -0.4 is 10.5 Å². The molecular formula is C15H21N5O. The topological polar surface area (TPSA) is 78.8 Å². The molecule has 2 atom stereocenters. The Morgan fingerprint density at radius 2 is 2.19 bits per heavy atom. The van der Waals surface area contributed by atoms with Crippen LogP contribution in [0.5, 0.6) is 5.75 Å². The summed E-state index contributed by atoms with van der Waals surface area (Å²) in [5.41, 5.74) is 7.45. The number of tetrazole rings is 1. The van der Waals surface area contributed by atoms with E-state index in [1.165, 1.54) is 19.3 Å². The second kappa shape index (κ2) is 5.71. The third kappa shape index (κ3) is 2.99. The number of hydrogen-bond acceptors (Lipinski definition) is 5. The normalized spacial score (nSPS) is 21.6. The second-order valence-corrected chi connectivity index (χ2v) is 5.96. The fraction of sp³-hybridized carbons (Fsp3) is 0.533. The summed E-state index contributed by atoms with van der Waals surface area (Å²) in [6.07, 6.45) is 3.80. The SMILES string of the molecule is COc1cc(N)cc(-c2nnnn2CC2CCC(C)C2)c1. The van der Waals surface area contributed by atoms with Crippen molar-refractivity contribution in [2.45, 2.75) is 32.7 Å². The van der Waals surface area contributed by atoms with Crippen LogP contribution in [0.3, 0.4) is 0 Å². The molecule has 0 spiro atoms. The van der Waals surface area contributed by atoms with E-state index >= 15 is 0 Å². The molecule has 2 unspecified atom stereocenters. The van der Waals surface area contributed by atoms with Crippen molar-refractivity contribution in [2.24, 2.45) is 11.8 Å². The molecule has 2 N–H and O–H groups in total. The Labute approximate surface area is 124 Å². The van der Waals surface area contributed by atoms with Crippen LogP contribution in [-0.2, 0) is 6.54 Å². The van der Waals surface area contributed by atoms with Gasteiger partial charge in [-0.3, -0.25) is 0 Å². The van der Waals surface area contributed by atoms with Crippen LogP contribution in [0.15, 0.2) is 18.2 Å². The Bertz CT molecular complexity index is 624. The standard InChI is InChI=1S/C15H21N5O/c1-10-3-4-11(5-10)9-20-15(17-18-19-20)12-6-13(16)8-14(7-12)21-2/h6-8,10-11H,3-5,9,16H2,1-2H3. The number of nitrogens with zero attached hydrogens (tertiary/aromatic N) is 4. The minimum atomic E-state index is 0.647. The molecule has 1 aromatic carbocycles. The van der Waals surface area contributed by atoms with Gasteiger partial charge in [-0.25, -0.2) is 4.68 Å². The lowest BCUT2D eigenvalue weighted by atomic mass is 10.1. The number of aromatic nitrogens is 4. The average molecular weight is 287 g/mol. The van der Waals surface area contributed by atoms with E-state index < -0.39 is 0 Å². The molecule has 1 aliphatic carbocycles. The molecule has 1 aliphatic rings. The Kier molecular flexibility index (Phi) is 3.77. The fourth-order valence-corrected chi connectivity index (χ4v) is 3.14. The van der Waals surface area contributed by atoms with Crippen molar-refractivity contribution in [3.05, 3.63) is 18.2 Å². The molecule has 1 heterocycles. The summed E-state index contributed by atoms with van der Waals surface area (Å²) < 4.78 is 7.15. The maximum absolute atomic E-state index is 5.92. The molecule has 0 saturated heterocycles. The number of methoxy groups -OCH3 is 1. The maximum atomic E-state index is 5.92. The number of hydrogen-bond donors (Lipinski definition) is 1. The van der Waals surface area contributed by atoms with E-state index in [-0.39, 0.29) is 0 Å². The summed E-state index contributed by atoms with van der Waals surface area (Å²) in [6.45, 7) is 3.17. The van der Waals surface area contributed by atoms with Crippen LogP contribution in [0, 0.1) is 11.8 Å². The summed E-state index contributed by atoms with van der Waals surface area (Å²) in [7, 11) is 1.63. The highest BCUT2D eigenvalue weighted by Crippen LogP contribution is 2.32. The highest BCUT2D eigenvalue weighted by atomic mass is 16.5. The molecule has 3 rings (SSSR count). The van der Waals surface area contributed by atoms with Crippen molar-refractivity contribution in [3.8, 4) is 17.1 Å². The third-order valence-corrected chi connectivity index (χ3v) is 4.19. The van der Waals surface area contributed by atoms with Gasteiger partial charge in [0.1, 0.15) is 5.75 Å². The van der Waals surface area contributed by atoms with E-state index in [4.69, 9.17) is 10.5 Å². The lowest BCUT2D eigenvalue weighted by Crippen LogP contribution is -2.11. The number of anilines is 1. The molecule has 0 amide bonds. The van der Waals surface area contributed by atoms with Gasteiger partial charge >= 0.3 is 0 Å². The van der Waals surface area contributed by atoms with Crippen molar-refractivity contribution in [2.75, 3.05) is 12.8 Å². The fourth-order valence-electron chi connectivity index (χ4n) is 3.14. The lowest BCUT2D eigenvalue weighted by molar-refractivity contribution is 0.411. The zero-order chi connectivity index (χ0) is 14.8. The Morgan fingerprint density at radius 1 is 1.33 bits per heavy atom. The van der Waals surface area contributed by atoms with Gasteiger partial charge < -0.3 is 10.5 Å². The van der Waals surface area contributed by atoms with Gasteiger partial charge in [0.15, 0.2) is 5.82 Å². The largest absolute Gasteiger partial charge is 0.497 e. The molecular weight excluding hydrogens is 266 g/mol.